The number of aromatic carboxylic acids is 1. The Labute approximate surface area is 125 Å². The van der Waals surface area contributed by atoms with Crippen LogP contribution in [0, 0.1) is 13.8 Å². The first-order chi connectivity index (χ1) is 9.40. The predicted molar refractivity (Wildman–Crippen MR) is 81.1 cm³/mol. The Hall–Kier alpha value is -1.82. The molecule has 0 amide bonds. The number of aryl methyl sites for hydroxylation is 2. The molecule has 20 heavy (non-hydrogen) atoms. The van der Waals surface area contributed by atoms with Crippen molar-refractivity contribution in [3.8, 4) is 0 Å². The minimum absolute atomic E-state index is 0.254. The van der Waals surface area contributed by atoms with Gasteiger partial charge in [0.25, 0.3) is 0 Å². The first-order valence-corrected chi connectivity index (χ1v) is 6.95. The van der Waals surface area contributed by atoms with E-state index < -0.39 is 5.97 Å². The lowest BCUT2D eigenvalue weighted by molar-refractivity contribution is 0.0696. The highest BCUT2D eigenvalue weighted by atomic mass is 79.9. The molecule has 0 aliphatic heterocycles. The number of rotatable bonds is 4. The van der Waals surface area contributed by atoms with Gasteiger partial charge in [0, 0.05) is 35.0 Å². The first-order valence-electron chi connectivity index (χ1n) is 6.16. The second-order valence-electron chi connectivity index (χ2n) is 4.63. The van der Waals surface area contributed by atoms with Crippen molar-refractivity contribution >= 4 is 27.6 Å². The van der Waals surface area contributed by atoms with E-state index in [2.05, 4.69) is 26.3 Å². The number of carboxylic acids is 1. The number of nitrogens with zero attached hydrogens (tertiary/aromatic N) is 2. The van der Waals surface area contributed by atoms with Gasteiger partial charge < -0.3 is 10.4 Å². The van der Waals surface area contributed by atoms with Gasteiger partial charge in [-0.25, -0.2) is 4.79 Å². The molecule has 0 radical (unpaired) electrons. The van der Waals surface area contributed by atoms with Crippen LogP contribution in [0.2, 0.25) is 0 Å². The number of hydrogen-bond donors (Lipinski definition) is 2. The topological polar surface area (TPSA) is 67.2 Å². The SMILES string of the molecule is Cc1nn(C)c(C)c1CNc1ccc(C(=O)O)c(Br)c1. The number of halogens is 1. The molecule has 1 aromatic carbocycles. The molecule has 2 rings (SSSR count). The molecule has 6 heteroatoms. The van der Waals surface area contributed by atoms with E-state index in [1.54, 1.807) is 18.2 Å². The van der Waals surface area contributed by atoms with Crippen LogP contribution in [-0.4, -0.2) is 20.9 Å². The normalized spacial score (nSPS) is 10.6. The average molecular weight is 338 g/mol. The van der Waals surface area contributed by atoms with E-state index in [1.165, 1.54) is 0 Å². The Bertz CT molecular complexity index is 665. The summed E-state index contributed by atoms with van der Waals surface area (Å²) in [5, 5.41) is 16.6. The second-order valence-corrected chi connectivity index (χ2v) is 5.48. The fraction of sp³-hybridized carbons (Fsp3) is 0.286. The Morgan fingerprint density at radius 1 is 1.45 bits per heavy atom. The molecule has 0 atom stereocenters. The maximum atomic E-state index is 10.9. The lowest BCUT2D eigenvalue weighted by Gasteiger charge is -2.08. The highest BCUT2D eigenvalue weighted by Crippen LogP contribution is 2.22. The van der Waals surface area contributed by atoms with Crippen LogP contribution in [0.25, 0.3) is 0 Å². The maximum Gasteiger partial charge on any atom is 0.336 e. The van der Waals surface area contributed by atoms with Crippen LogP contribution in [0.1, 0.15) is 27.3 Å². The average Bonchev–Trinajstić information content (AvgIpc) is 2.61. The van der Waals surface area contributed by atoms with Crippen LogP contribution < -0.4 is 5.32 Å². The first kappa shape index (κ1) is 14.6. The number of hydrogen-bond acceptors (Lipinski definition) is 3. The molecule has 0 bridgehead atoms. The number of aromatic nitrogens is 2. The maximum absolute atomic E-state index is 10.9. The van der Waals surface area contributed by atoms with Gasteiger partial charge in [0.1, 0.15) is 0 Å². The summed E-state index contributed by atoms with van der Waals surface area (Å²) in [7, 11) is 1.92. The molecule has 0 fully saturated rings. The van der Waals surface area contributed by atoms with E-state index in [1.807, 2.05) is 25.6 Å². The molecule has 0 saturated carbocycles. The lowest BCUT2D eigenvalue weighted by Crippen LogP contribution is -2.04. The van der Waals surface area contributed by atoms with Gasteiger partial charge in [-0.15, -0.1) is 0 Å². The lowest BCUT2D eigenvalue weighted by atomic mass is 10.1. The molecule has 5 nitrogen and oxygen atoms in total. The van der Waals surface area contributed by atoms with E-state index >= 15 is 0 Å². The minimum Gasteiger partial charge on any atom is -0.478 e. The fourth-order valence-corrected chi connectivity index (χ4v) is 2.61. The molecular weight excluding hydrogens is 322 g/mol. The van der Waals surface area contributed by atoms with Gasteiger partial charge >= 0.3 is 5.97 Å². The molecule has 0 unspecified atom stereocenters. The third kappa shape index (κ3) is 2.85. The summed E-state index contributed by atoms with van der Waals surface area (Å²) < 4.78 is 2.42. The number of benzene rings is 1. The van der Waals surface area contributed by atoms with E-state index in [9.17, 15) is 4.79 Å². The zero-order chi connectivity index (χ0) is 14.9. The Kier molecular flexibility index (Phi) is 4.13. The van der Waals surface area contributed by atoms with Crippen molar-refractivity contribution in [2.24, 2.45) is 7.05 Å². The summed E-state index contributed by atoms with van der Waals surface area (Å²) in [6.45, 7) is 4.66. The molecule has 0 spiro atoms. The van der Waals surface area contributed by atoms with Crippen LogP contribution in [-0.2, 0) is 13.6 Å². The molecule has 106 valence electrons. The van der Waals surface area contributed by atoms with Crippen LogP contribution in [0.4, 0.5) is 5.69 Å². The summed E-state index contributed by atoms with van der Waals surface area (Å²) >= 11 is 3.27. The highest BCUT2D eigenvalue weighted by molar-refractivity contribution is 9.10. The largest absolute Gasteiger partial charge is 0.478 e. The van der Waals surface area contributed by atoms with Gasteiger partial charge in [-0.05, 0) is 48.0 Å². The van der Waals surface area contributed by atoms with E-state index in [0.29, 0.717) is 11.0 Å². The van der Waals surface area contributed by atoms with Crippen molar-refractivity contribution in [3.63, 3.8) is 0 Å². The van der Waals surface area contributed by atoms with Crippen LogP contribution in [0.15, 0.2) is 22.7 Å². The molecule has 2 aromatic rings. The van der Waals surface area contributed by atoms with Crippen molar-refractivity contribution in [1.29, 1.82) is 0 Å². The summed E-state index contributed by atoms with van der Waals surface area (Å²) in [5.41, 5.74) is 4.40. The van der Waals surface area contributed by atoms with Crippen molar-refractivity contribution in [2.75, 3.05) is 5.32 Å². The second kappa shape index (κ2) is 5.66. The number of anilines is 1. The zero-order valence-corrected chi connectivity index (χ0v) is 13.2. The van der Waals surface area contributed by atoms with Gasteiger partial charge in [-0.3, -0.25) is 4.68 Å². The quantitative estimate of drug-likeness (QED) is 0.899. The molecule has 1 heterocycles. The standard InChI is InChI=1S/C14H16BrN3O2/c1-8-12(9(2)18(3)17-8)7-16-10-4-5-11(14(19)20)13(15)6-10/h4-6,16H,7H2,1-3H3,(H,19,20). The molecular formula is C14H16BrN3O2. The van der Waals surface area contributed by atoms with Crippen molar-refractivity contribution < 1.29 is 9.90 Å². The molecule has 2 N–H and O–H groups in total. The Morgan fingerprint density at radius 3 is 2.65 bits per heavy atom. The third-order valence-corrected chi connectivity index (χ3v) is 3.98. The summed E-state index contributed by atoms with van der Waals surface area (Å²) in [5.74, 6) is -0.942. The Morgan fingerprint density at radius 2 is 2.15 bits per heavy atom. The van der Waals surface area contributed by atoms with E-state index in [0.717, 1.165) is 22.6 Å². The van der Waals surface area contributed by atoms with Crippen molar-refractivity contribution in [1.82, 2.24) is 9.78 Å². The number of carboxylic acid groups (broad SMARTS) is 1. The Balaban J connectivity index is 2.15. The van der Waals surface area contributed by atoms with Crippen LogP contribution in [0.5, 0.6) is 0 Å². The predicted octanol–water partition coefficient (Wildman–Crippen LogP) is 3.11. The van der Waals surface area contributed by atoms with Crippen LogP contribution >= 0.6 is 15.9 Å². The molecule has 0 aliphatic carbocycles. The van der Waals surface area contributed by atoms with Gasteiger partial charge in [0.2, 0.25) is 0 Å². The van der Waals surface area contributed by atoms with Gasteiger partial charge in [-0.2, -0.15) is 5.10 Å². The smallest absolute Gasteiger partial charge is 0.336 e. The van der Waals surface area contributed by atoms with E-state index in [4.69, 9.17) is 5.11 Å². The van der Waals surface area contributed by atoms with Gasteiger partial charge in [0.15, 0.2) is 0 Å². The fourth-order valence-electron chi connectivity index (χ4n) is 2.06. The summed E-state index contributed by atoms with van der Waals surface area (Å²) in [6.07, 6.45) is 0. The monoisotopic (exact) mass is 337 g/mol. The van der Waals surface area contributed by atoms with Crippen molar-refractivity contribution in [3.05, 3.63) is 45.2 Å². The minimum atomic E-state index is -0.942. The third-order valence-electron chi connectivity index (χ3n) is 3.33. The summed E-state index contributed by atoms with van der Waals surface area (Å²) in [6, 6.07) is 5.11. The van der Waals surface area contributed by atoms with Crippen LogP contribution in [0.3, 0.4) is 0 Å². The number of nitrogens with one attached hydrogen (secondary N) is 1. The van der Waals surface area contributed by atoms with Crippen molar-refractivity contribution in [2.45, 2.75) is 20.4 Å². The molecule has 1 aromatic heterocycles. The van der Waals surface area contributed by atoms with Gasteiger partial charge in [-0.1, -0.05) is 0 Å². The summed E-state index contributed by atoms with van der Waals surface area (Å²) in [4.78, 5) is 10.9. The van der Waals surface area contributed by atoms with Gasteiger partial charge in [0.05, 0.1) is 11.3 Å². The molecule has 0 saturated heterocycles. The van der Waals surface area contributed by atoms with E-state index in [-0.39, 0.29) is 5.56 Å². The highest BCUT2D eigenvalue weighted by Gasteiger charge is 2.11. The molecule has 0 aliphatic rings. The number of carbonyl (C=O) groups is 1. The zero-order valence-electron chi connectivity index (χ0n) is 11.6.